The number of aromatic nitrogens is 2. The second-order valence-corrected chi connectivity index (χ2v) is 7.25. The zero-order valence-corrected chi connectivity index (χ0v) is 17.8. The maximum absolute atomic E-state index is 12.4. The van der Waals surface area contributed by atoms with Crippen LogP contribution in [0.4, 0.5) is 0 Å². The van der Waals surface area contributed by atoms with E-state index in [1.165, 1.54) is 0 Å². The molecule has 3 aromatic carbocycles. The van der Waals surface area contributed by atoms with Gasteiger partial charge in [0.2, 0.25) is 0 Å². The average Bonchev–Trinajstić information content (AvgIpc) is 2.82. The topological polar surface area (TPSA) is 93.2 Å². The SMILES string of the molecule is Cc1nc2ccc(C(=O)NNC(=O)COc3ccccc3-c3ccccc3)cc2nc1C. The summed E-state index contributed by atoms with van der Waals surface area (Å²) in [6, 6.07) is 22.2. The van der Waals surface area contributed by atoms with Gasteiger partial charge in [0, 0.05) is 11.1 Å². The van der Waals surface area contributed by atoms with Crippen molar-refractivity contribution < 1.29 is 14.3 Å². The third kappa shape index (κ3) is 4.73. The molecule has 7 nitrogen and oxygen atoms in total. The van der Waals surface area contributed by atoms with Crippen LogP contribution in [0.15, 0.2) is 72.8 Å². The van der Waals surface area contributed by atoms with E-state index >= 15 is 0 Å². The predicted molar refractivity (Wildman–Crippen MR) is 122 cm³/mol. The van der Waals surface area contributed by atoms with Crippen molar-refractivity contribution in [3.8, 4) is 16.9 Å². The summed E-state index contributed by atoms with van der Waals surface area (Å²) in [5.74, 6) is -0.350. The molecule has 0 saturated heterocycles. The number of hydrazine groups is 1. The molecule has 0 saturated carbocycles. The van der Waals surface area contributed by atoms with Gasteiger partial charge in [-0.15, -0.1) is 0 Å². The van der Waals surface area contributed by atoms with Gasteiger partial charge in [-0.25, -0.2) is 9.97 Å². The maximum atomic E-state index is 12.4. The van der Waals surface area contributed by atoms with E-state index < -0.39 is 11.8 Å². The number of hydrogen-bond donors (Lipinski definition) is 2. The van der Waals surface area contributed by atoms with Crippen LogP contribution in [0.3, 0.4) is 0 Å². The lowest BCUT2D eigenvalue weighted by Gasteiger charge is -2.12. The number of carbonyl (C=O) groups excluding carboxylic acids is 2. The summed E-state index contributed by atoms with van der Waals surface area (Å²) in [5, 5.41) is 0. The lowest BCUT2D eigenvalue weighted by Crippen LogP contribution is -2.43. The van der Waals surface area contributed by atoms with Crippen LogP contribution in [0.25, 0.3) is 22.2 Å². The molecule has 2 amide bonds. The second-order valence-electron chi connectivity index (χ2n) is 7.25. The number of para-hydroxylation sites is 1. The number of rotatable bonds is 5. The Balaban J connectivity index is 1.36. The molecule has 160 valence electrons. The van der Waals surface area contributed by atoms with Crippen LogP contribution in [0, 0.1) is 13.8 Å². The molecule has 1 heterocycles. The largest absolute Gasteiger partial charge is 0.483 e. The number of ether oxygens (including phenoxy) is 1. The molecule has 0 radical (unpaired) electrons. The zero-order chi connectivity index (χ0) is 22.5. The minimum Gasteiger partial charge on any atom is -0.483 e. The first kappa shape index (κ1) is 21.0. The van der Waals surface area contributed by atoms with Crippen LogP contribution in [0.1, 0.15) is 21.7 Å². The molecule has 0 atom stereocenters. The summed E-state index contributed by atoms with van der Waals surface area (Å²) in [6.45, 7) is 3.51. The number of nitrogens with one attached hydrogen (secondary N) is 2. The standard InChI is InChI=1S/C25H22N4O3/c1-16-17(2)27-22-14-19(12-13-21(22)26-16)25(31)29-28-24(30)15-32-23-11-7-6-10-20(23)18-8-4-3-5-9-18/h3-14H,15H2,1-2H3,(H,28,30)(H,29,31). The van der Waals surface area contributed by atoms with Crippen LogP contribution in [0.2, 0.25) is 0 Å². The number of hydrogen-bond acceptors (Lipinski definition) is 5. The third-order valence-electron chi connectivity index (χ3n) is 4.98. The van der Waals surface area contributed by atoms with E-state index in [4.69, 9.17) is 4.74 Å². The van der Waals surface area contributed by atoms with E-state index in [-0.39, 0.29) is 6.61 Å². The fraction of sp³-hybridized carbons (Fsp3) is 0.120. The summed E-state index contributed by atoms with van der Waals surface area (Å²) in [4.78, 5) is 33.6. The smallest absolute Gasteiger partial charge is 0.276 e. The first-order chi connectivity index (χ1) is 15.5. The van der Waals surface area contributed by atoms with Crippen LogP contribution in [-0.2, 0) is 4.79 Å². The summed E-state index contributed by atoms with van der Waals surface area (Å²) >= 11 is 0. The second kappa shape index (κ2) is 9.26. The number of aryl methyl sites for hydroxylation is 2. The third-order valence-corrected chi connectivity index (χ3v) is 4.98. The zero-order valence-electron chi connectivity index (χ0n) is 17.8. The number of carbonyl (C=O) groups is 2. The molecule has 7 heteroatoms. The van der Waals surface area contributed by atoms with E-state index in [9.17, 15) is 9.59 Å². The van der Waals surface area contributed by atoms with Gasteiger partial charge in [-0.1, -0.05) is 48.5 Å². The molecule has 1 aromatic heterocycles. The van der Waals surface area contributed by atoms with Crippen LogP contribution >= 0.6 is 0 Å². The fourth-order valence-electron chi connectivity index (χ4n) is 3.20. The average molecular weight is 426 g/mol. The summed E-state index contributed by atoms with van der Waals surface area (Å²) in [5.41, 5.74) is 9.99. The molecule has 0 unspecified atom stereocenters. The van der Waals surface area contributed by atoms with Gasteiger partial charge < -0.3 is 4.74 Å². The highest BCUT2D eigenvalue weighted by Gasteiger charge is 2.12. The van der Waals surface area contributed by atoms with E-state index in [2.05, 4.69) is 20.8 Å². The normalized spacial score (nSPS) is 10.6. The Kier molecular flexibility index (Phi) is 6.07. The van der Waals surface area contributed by atoms with Crippen molar-refractivity contribution in [2.24, 2.45) is 0 Å². The monoisotopic (exact) mass is 426 g/mol. The molecule has 0 aliphatic rings. The van der Waals surface area contributed by atoms with E-state index in [0.717, 1.165) is 22.5 Å². The molecule has 2 N–H and O–H groups in total. The van der Waals surface area contributed by atoms with Gasteiger partial charge >= 0.3 is 0 Å². The van der Waals surface area contributed by atoms with Gasteiger partial charge in [0.05, 0.1) is 22.4 Å². The summed E-state index contributed by atoms with van der Waals surface area (Å²) < 4.78 is 5.69. The van der Waals surface area contributed by atoms with Crippen molar-refractivity contribution in [1.29, 1.82) is 0 Å². The Morgan fingerprint density at radius 1 is 0.812 bits per heavy atom. The van der Waals surface area contributed by atoms with Crippen molar-refractivity contribution in [3.63, 3.8) is 0 Å². The number of benzene rings is 3. The van der Waals surface area contributed by atoms with Gasteiger partial charge in [-0.2, -0.15) is 0 Å². The van der Waals surface area contributed by atoms with Crippen LogP contribution < -0.4 is 15.6 Å². The predicted octanol–water partition coefficient (Wildman–Crippen LogP) is 3.75. The molecule has 0 aliphatic heterocycles. The number of amides is 2. The lowest BCUT2D eigenvalue weighted by molar-refractivity contribution is -0.123. The van der Waals surface area contributed by atoms with Crippen molar-refractivity contribution in [1.82, 2.24) is 20.8 Å². The minimum atomic E-state index is -0.478. The molecular formula is C25H22N4O3. The molecule has 0 spiro atoms. The van der Waals surface area contributed by atoms with Gasteiger partial charge in [-0.3, -0.25) is 20.4 Å². The summed E-state index contributed by atoms with van der Waals surface area (Å²) in [7, 11) is 0. The van der Waals surface area contributed by atoms with Crippen molar-refractivity contribution in [2.75, 3.05) is 6.61 Å². The Labute approximate surface area is 185 Å². The molecule has 0 aliphatic carbocycles. The van der Waals surface area contributed by atoms with E-state index in [0.29, 0.717) is 22.3 Å². The Bertz CT molecular complexity index is 1290. The fourth-order valence-corrected chi connectivity index (χ4v) is 3.20. The molecule has 32 heavy (non-hydrogen) atoms. The van der Waals surface area contributed by atoms with Gasteiger partial charge in [0.25, 0.3) is 11.8 Å². The van der Waals surface area contributed by atoms with Crippen molar-refractivity contribution >= 4 is 22.8 Å². The molecule has 0 fully saturated rings. The quantitative estimate of drug-likeness (QED) is 0.474. The molecular weight excluding hydrogens is 404 g/mol. The number of nitrogens with zero attached hydrogens (tertiary/aromatic N) is 2. The van der Waals surface area contributed by atoms with Crippen LogP contribution in [0.5, 0.6) is 5.75 Å². The van der Waals surface area contributed by atoms with E-state index in [1.54, 1.807) is 24.3 Å². The Hall–Kier alpha value is -4.26. The highest BCUT2D eigenvalue weighted by molar-refractivity contribution is 5.98. The van der Waals surface area contributed by atoms with Crippen molar-refractivity contribution in [3.05, 3.63) is 89.7 Å². The highest BCUT2D eigenvalue weighted by atomic mass is 16.5. The minimum absolute atomic E-state index is 0.244. The van der Waals surface area contributed by atoms with Crippen molar-refractivity contribution in [2.45, 2.75) is 13.8 Å². The first-order valence-electron chi connectivity index (χ1n) is 10.1. The van der Waals surface area contributed by atoms with Gasteiger partial charge in [0.15, 0.2) is 6.61 Å². The van der Waals surface area contributed by atoms with Crippen LogP contribution in [-0.4, -0.2) is 28.4 Å². The van der Waals surface area contributed by atoms with E-state index in [1.807, 2.05) is 62.4 Å². The molecule has 4 aromatic rings. The molecule has 0 bridgehead atoms. The summed E-state index contributed by atoms with van der Waals surface area (Å²) in [6.07, 6.45) is 0. The Morgan fingerprint density at radius 3 is 2.28 bits per heavy atom. The maximum Gasteiger partial charge on any atom is 0.276 e. The number of fused-ring (bicyclic) bond motifs is 1. The first-order valence-corrected chi connectivity index (χ1v) is 10.1. The lowest BCUT2D eigenvalue weighted by atomic mass is 10.1. The Morgan fingerprint density at radius 2 is 1.50 bits per heavy atom. The van der Waals surface area contributed by atoms with Gasteiger partial charge in [-0.05, 0) is 43.7 Å². The molecule has 4 rings (SSSR count). The highest BCUT2D eigenvalue weighted by Crippen LogP contribution is 2.29. The van der Waals surface area contributed by atoms with Gasteiger partial charge in [0.1, 0.15) is 5.75 Å².